The second-order valence-electron chi connectivity index (χ2n) is 6.05. The van der Waals surface area contributed by atoms with Crippen LogP contribution in [-0.4, -0.2) is 26.2 Å². The molecule has 0 atom stereocenters. The standard InChI is InChI=1S/C21H24N2O4/c1-15-4-5-16(2)19(12-15)26-10-11-27-20-13-18(25-3)7-6-17(20)14-23-21(24)8-9-22/h4-7,12-13H,8,10-11,14H2,1-3H3,(H,23,24). The average Bonchev–Trinajstić information content (AvgIpc) is 2.66. The van der Waals surface area contributed by atoms with Gasteiger partial charge in [0.25, 0.3) is 0 Å². The van der Waals surface area contributed by atoms with E-state index in [1.807, 2.05) is 44.2 Å². The van der Waals surface area contributed by atoms with Crippen LogP contribution in [0, 0.1) is 25.2 Å². The quantitative estimate of drug-likeness (QED) is 0.687. The number of ether oxygens (including phenoxy) is 3. The lowest BCUT2D eigenvalue weighted by Crippen LogP contribution is -2.22. The zero-order valence-corrected chi connectivity index (χ0v) is 15.9. The number of carbonyl (C=O) groups excluding carboxylic acids is 1. The highest BCUT2D eigenvalue weighted by molar-refractivity contribution is 5.78. The van der Waals surface area contributed by atoms with Crippen LogP contribution in [-0.2, 0) is 11.3 Å². The van der Waals surface area contributed by atoms with Crippen molar-refractivity contribution in [2.45, 2.75) is 26.8 Å². The van der Waals surface area contributed by atoms with E-state index in [9.17, 15) is 4.79 Å². The number of rotatable bonds is 9. The Bertz CT molecular complexity index is 827. The number of amides is 1. The first kappa shape index (κ1) is 20.1. The van der Waals surface area contributed by atoms with Gasteiger partial charge in [-0.25, -0.2) is 0 Å². The van der Waals surface area contributed by atoms with Crippen molar-refractivity contribution in [3.8, 4) is 23.3 Å². The Labute approximate surface area is 159 Å². The molecule has 0 aliphatic carbocycles. The van der Waals surface area contributed by atoms with E-state index < -0.39 is 0 Å². The molecule has 0 spiro atoms. The van der Waals surface area contributed by atoms with Crippen molar-refractivity contribution in [3.63, 3.8) is 0 Å². The van der Waals surface area contributed by atoms with Crippen LogP contribution >= 0.6 is 0 Å². The molecule has 0 radical (unpaired) electrons. The second-order valence-corrected chi connectivity index (χ2v) is 6.05. The van der Waals surface area contributed by atoms with E-state index in [0.29, 0.717) is 24.7 Å². The number of nitriles is 1. The number of carbonyl (C=O) groups is 1. The molecule has 142 valence electrons. The summed E-state index contributed by atoms with van der Waals surface area (Å²) in [7, 11) is 1.58. The van der Waals surface area contributed by atoms with Crippen molar-refractivity contribution in [1.29, 1.82) is 5.26 Å². The van der Waals surface area contributed by atoms with Crippen molar-refractivity contribution in [3.05, 3.63) is 53.1 Å². The third-order valence-electron chi connectivity index (χ3n) is 3.93. The molecule has 2 aromatic rings. The Morgan fingerprint density at radius 3 is 2.52 bits per heavy atom. The molecule has 2 rings (SSSR count). The lowest BCUT2D eigenvalue weighted by Gasteiger charge is -2.15. The number of methoxy groups -OCH3 is 1. The van der Waals surface area contributed by atoms with Crippen LogP contribution in [0.5, 0.6) is 17.2 Å². The van der Waals surface area contributed by atoms with Gasteiger partial charge in [0.15, 0.2) is 0 Å². The van der Waals surface area contributed by atoms with Crippen molar-refractivity contribution in [2.75, 3.05) is 20.3 Å². The van der Waals surface area contributed by atoms with E-state index in [2.05, 4.69) is 5.32 Å². The SMILES string of the molecule is COc1ccc(CNC(=O)CC#N)c(OCCOc2cc(C)ccc2C)c1. The van der Waals surface area contributed by atoms with Gasteiger partial charge in [-0.1, -0.05) is 12.1 Å². The molecule has 27 heavy (non-hydrogen) atoms. The van der Waals surface area contributed by atoms with E-state index >= 15 is 0 Å². The van der Waals surface area contributed by atoms with Crippen molar-refractivity contribution in [2.24, 2.45) is 0 Å². The van der Waals surface area contributed by atoms with Gasteiger partial charge in [-0.2, -0.15) is 5.26 Å². The first-order chi connectivity index (χ1) is 13.0. The van der Waals surface area contributed by atoms with Gasteiger partial charge in [-0.05, 0) is 43.2 Å². The Kier molecular flexibility index (Phi) is 7.50. The van der Waals surface area contributed by atoms with E-state index in [0.717, 1.165) is 22.4 Å². The molecular formula is C21H24N2O4. The minimum atomic E-state index is -0.322. The summed E-state index contributed by atoms with van der Waals surface area (Å²) in [5.74, 6) is 1.79. The summed E-state index contributed by atoms with van der Waals surface area (Å²) >= 11 is 0. The van der Waals surface area contributed by atoms with E-state index in [1.165, 1.54) is 0 Å². The average molecular weight is 368 g/mol. The molecule has 0 unspecified atom stereocenters. The van der Waals surface area contributed by atoms with Crippen LogP contribution in [0.15, 0.2) is 36.4 Å². The van der Waals surface area contributed by atoms with Gasteiger partial charge in [-0.15, -0.1) is 0 Å². The molecule has 2 aromatic carbocycles. The van der Waals surface area contributed by atoms with Crippen LogP contribution in [0.25, 0.3) is 0 Å². The van der Waals surface area contributed by atoms with Crippen LogP contribution in [0.2, 0.25) is 0 Å². The van der Waals surface area contributed by atoms with Gasteiger partial charge in [0.2, 0.25) is 5.91 Å². The molecular weight excluding hydrogens is 344 g/mol. The molecule has 0 bridgehead atoms. The molecule has 0 aliphatic heterocycles. The third kappa shape index (κ3) is 6.23. The monoisotopic (exact) mass is 368 g/mol. The lowest BCUT2D eigenvalue weighted by atomic mass is 10.1. The number of nitrogens with zero attached hydrogens (tertiary/aromatic N) is 1. The molecule has 6 heteroatoms. The smallest absolute Gasteiger partial charge is 0.234 e. The van der Waals surface area contributed by atoms with Gasteiger partial charge in [0, 0.05) is 18.2 Å². The number of nitrogens with one attached hydrogen (secondary N) is 1. The molecule has 0 saturated carbocycles. The molecule has 0 aliphatic rings. The zero-order valence-electron chi connectivity index (χ0n) is 15.9. The van der Waals surface area contributed by atoms with Gasteiger partial charge in [0.05, 0.1) is 13.2 Å². The maximum Gasteiger partial charge on any atom is 0.234 e. The minimum absolute atomic E-state index is 0.171. The number of benzene rings is 2. The third-order valence-corrected chi connectivity index (χ3v) is 3.93. The summed E-state index contributed by atoms with van der Waals surface area (Å²) < 4.78 is 16.9. The summed E-state index contributed by atoms with van der Waals surface area (Å²) in [5, 5.41) is 11.3. The van der Waals surface area contributed by atoms with Crippen LogP contribution in [0.1, 0.15) is 23.1 Å². The Morgan fingerprint density at radius 1 is 1.07 bits per heavy atom. The van der Waals surface area contributed by atoms with Gasteiger partial charge < -0.3 is 19.5 Å². The topological polar surface area (TPSA) is 80.6 Å². The fourth-order valence-electron chi connectivity index (χ4n) is 2.44. The van der Waals surface area contributed by atoms with Crippen molar-refractivity contribution < 1.29 is 19.0 Å². The summed E-state index contributed by atoms with van der Waals surface area (Å²) in [6.45, 7) is 5.03. The molecule has 0 heterocycles. The van der Waals surface area contributed by atoms with Gasteiger partial charge >= 0.3 is 0 Å². The normalized spacial score (nSPS) is 10.0. The number of aryl methyl sites for hydroxylation is 2. The summed E-state index contributed by atoms with van der Waals surface area (Å²) in [4.78, 5) is 11.5. The highest BCUT2D eigenvalue weighted by Gasteiger charge is 2.09. The second kappa shape index (κ2) is 10.1. The highest BCUT2D eigenvalue weighted by Crippen LogP contribution is 2.25. The fourth-order valence-corrected chi connectivity index (χ4v) is 2.44. The molecule has 6 nitrogen and oxygen atoms in total. The molecule has 0 saturated heterocycles. The van der Waals surface area contributed by atoms with Gasteiger partial charge in [-0.3, -0.25) is 4.79 Å². The predicted octanol–water partition coefficient (Wildman–Crippen LogP) is 3.30. The van der Waals surface area contributed by atoms with E-state index in [4.69, 9.17) is 19.5 Å². The molecule has 0 fully saturated rings. The lowest BCUT2D eigenvalue weighted by molar-refractivity contribution is -0.120. The first-order valence-electron chi connectivity index (χ1n) is 8.67. The van der Waals surface area contributed by atoms with Gasteiger partial charge in [0.1, 0.15) is 36.9 Å². The minimum Gasteiger partial charge on any atom is -0.497 e. The van der Waals surface area contributed by atoms with Crippen LogP contribution < -0.4 is 19.5 Å². The van der Waals surface area contributed by atoms with Crippen LogP contribution in [0.4, 0.5) is 0 Å². The number of hydrogen-bond donors (Lipinski definition) is 1. The first-order valence-corrected chi connectivity index (χ1v) is 8.67. The number of hydrogen-bond acceptors (Lipinski definition) is 5. The summed E-state index contributed by atoms with van der Waals surface area (Å²) in [5.41, 5.74) is 3.01. The zero-order chi connectivity index (χ0) is 19.6. The highest BCUT2D eigenvalue weighted by atomic mass is 16.5. The van der Waals surface area contributed by atoms with E-state index in [1.54, 1.807) is 19.2 Å². The molecule has 0 aromatic heterocycles. The Balaban J connectivity index is 1.96. The predicted molar refractivity (Wildman–Crippen MR) is 102 cm³/mol. The van der Waals surface area contributed by atoms with E-state index in [-0.39, 0.29) is 18.9 Å². The fraction of sp³-hybridized carbons (Fsp3) is 0.333. The van der Waals surface area contributed by atoms with Crippen LogP contribution in [0.3, 0.4) is 0 Å². The maximum absolute atomic E-state index is 11.5. The molecule has 1 amide bonds. The largest absolute Gasteiger partial charge is 0.497 e. The maximum atomic E-state index is 11.5. The summed E-state index contributed by atoms with van der Waals surface area (Å²) in [6, 6.07) is 13.3. The molecule has 1 N–H and O–H groups in total. The van der Waals surface area contributed by atoms with Crippen molar-refractivity contribution in [1.82, 2.24) is 5.32 Å². The Hall–Kier alpha value is -3.20. The van der Waals surface area contributed by atoms with Crippen molar-refractivity contribution >= 4 is 5.91 Å². The Morgan fingerprint density at radius 2 is 1.81 bits per heavy atom. The summed E-state index contributed by atoms with van der Waals surface area (Å²) in [6.07, 6.45) is -0.171.